The van der Waals surface area contributed by atoms with Gasteiger partial charge in [0.25, 0.3) is 5.19 Å². The zero-order valence-corrected chi connectivity index (χ0v) is 21.6. The largest absolute Gasteiger partial charge is 0.466 e. The van der Waals surface area contributed by atoms with E-state index in [1.807, 2.05) is 33.9 Å². The van der Waals surface area contributed by atoms with Crippen molar-refractivity contribution in [2.24, 2.45) is 5.92 Å². The van der Waals surface area contributed by atoms with Crippen LogP contribution in [0.1, 0.15) is 39.2 Å². The maximum Gasteiger partial charge on any atom is 0.410 e. The fourth-order valence-corrected chi connectivity index (χ4v) is 5.62. The molecule has 3 aromatic rings. The Balaban J connectivity index is 1.39. The molecule has 34 heavy (non-hydrogen) atoms. The quantitative estimate of drug-likeness (QED) is 0.494. The zero-order chi connectivity index (χ0) is 24.6. The molecule has 1 amide bonds. The summed E-state index contributed by atoms with van der Waals surface area (Å²) in [5.74, 6) is 0.325. The molecule has 1 saturated heterocycles. The Bertz CT molecular complexity index is 1260. The number of aryl methyl sites for hydroxylation is 1. The summed E-state index contributed by atoms with van der Waals surface area (Å²) in [4.78, 5) is 19.5. The molecule has 3 heterocycles. The molecule has 0 N–H and O–H groups in total. The lowest BCUT2D eigenvalue weighted by atomic mass is 9.92. The minimum atomic E-state index is -3.26. The average Bonchev–Trinajstić information content (AvgIpc) is 3.31. The van der Waals surface area contributed by atoms with Crippen molar-refractivity contribution in [1.82, 2.24) is 19.5 Å². The highest BCUT2D eigenvalue weighted by Crippen LogP contribution is 2.31. The topological polar surface area (TPSA) is 103 Å². The van der Waals surface area contributed by atoms with Gasteiger partial charge in [-0.05, 0) is 75.5 Å². The van der Waals surface area contributed by atoms with Gasteiger partial charge in [0.05, 0.1) is 22.9 Å². The number of sulfone groups is 1. The molecule has 1 aliphatic heterocycles. The minimum Gasteiger partial charge on any atom is -0.466 e. The van der Waals surface area contributed by atoms with Crippen molar-refractivity contribution in [3.8, 4) is 16.5 Å². The van der Waals surface area contributed by atoms with Crippen molar-refractivity contribution in [1.29, 1.82) is 0 Å². The van der Waals surface area contributed by atoms with E-state index in [4.69, 9.17) is 9.47 Å². The Hall–Kier alpha value is -2.66. The molecule has 0 bridgehead atoms. The summed E-state index contributed by atoms with van der Waals surface area (Å²) in [5.41, 5.74) is 2.43. The Morgan fingerprint density at radius 3 is 2.50 bits per heavy atom. The summed E-state index contributed by atoms with van der Waals surface area (Å²) >= 11 is 1.37. The van der Waals surface area contributed by atoms with E-state index in [1.54, 1.807) is 27.6 Å². The van der Waals surface area contributed by atoms with E-state index in [0.717, 1.165) is 29.7 Å². The van der Waals surface area contributed by atoms with Gasteiger partial charge in [-0.3, -0.25) is 0 Å². The number of fused-ring (bicyclic) bond motifs is 1. The first kappa shape index (κ1) is 24.5. The van der Waals surface area contributed by atoms with Crippen LogP contribution in [0.2, 0.25) is 0 Å². The number of hydrogen-bond acceptors (Lipinski definition) is 8. The minimum absolute atomic E-state index is 0.0376. The number of carbonyl (C=O) groups excluding carboxylic acids is 1. The van der Waals surface area contributed by atoms with Crippen LogP contribution in [0, 0.1) is 12.8 Å². The molecule has 1 fully saturated rings. The monoisotopic (exact) mass is 506 g/mol. The fourth-order valence-electron chi connectivity index (χ4n) is 4.10. The number of ether oxygens (including phenoxy) is 2. The molecule has 1 unspecified atom stereocenters. The molecule has 0 spiro atoms. The summed E-state index contributed by atoms with van der Waals surface area (Å²) in [6.07, 6.45) is 4.32. The van der Waals surface area contributed by atoms with Gasteiger partial charge in [-0.25, -0.2) is 22.7 Å². The molecule has 0 radical (unpaired) electrons. The van der Waals surface area contributed by atoms with Gasteiger partial charge in [0.15, 0.2) is 9.84 Å². The second-order valence-electron chi connectivity index (χ2n) is 9.05. The van der Waals surface area contributed by atoms with Crippen LogP contribution in [0.4, 0.5) is 4.79 Å². The van der Waals surface area contributed by atoms with Gasteiger partial charge in [-0.1, -0.05) is 6.07 Å². The molecule has 1 aliphatic rings. The van der Waals surface area contributed by atoms with Gasteiger partial charge >= 0.3 is 6.09 Å². The first-order chi connectivity index (χ1) is 16.0. The molecule has 4 rings (SSSR count). The van der Waals surface area contributed by atoms with Gasteiger partial charge in [0, 0.05) is 24.9 Å². The number of likely N-dealkylation sites (tertiary alicyclic amines) is 1. The molecule has 11 heteroatoms. The predicted octanol–water partition coefficient (Wildman–Crippen LogP) is 4.19. The molecule has 0 aliphatic carbocycles. The number of carbonyl (C=O) groups is 1. The molecule has 1 aromatic carbocycles. The molecular weight excluding hydrogens is 476 g/mol. The third-order valence-corrected chi connectivity index (χ3v) is 7.94. The summed E-state index contributed by atoms with van der Waals surface area (Å²) in [6.45, 7) is 8.93. The third-order valence-electron chi connectivity index (χ3n) is 6.01. The van der Waals surface area contributed by atoms with Crippen molar-refractivity contribution < 1.29 is 22.7 Å². The van der Waals surface area contributed by atoms with Crippen LogP contribution in [0.15, 0.2) is 29.3 Å². The normalized spacial score (nSPS) is 16.2. The van der Waals surface area contributed by atoms with Crippen LogP contribution in [0.3, 0.4) is 0 Å². The maximum atomic E-state index is 12.1. The molecule has 184 valence electrons. The van der Waals surface area contributed by atoms with Crippen molar-refractivity contribution in [3.63, 3.8) is 0 Å². The highest BCUT2D eigenvalue weighted by molar-refractivity contribution is 7.90. The van der Waals surface area contributed by atoms with Crippen molar-refractivity contribution in [3.05, 3.63) is 30.0 Å². The molecule has 9 nitrogen and oxygen atoms in total. The Morgan fingerprint density at radius 1 is 1.21 bits per heavy atom. The second-order valence-corrected chi connectivity index (χ2v) is 12.0. The van der Waals surface area contributed by atoms with E-state index in [0.29, 0.717) is 34.1 Å². The van der Waals surface area contributed by atoms with Crippen LogP contribution >= 0.6 is 11.3 Å². The van der Waals surface area contributed by atoms with Gasteiger partial charge in [0.1, 0.15) is 6.10 Å². The smallest absolute Gasteiger partial charge is 0.410 e. The lowest BCUT2D eigenvalue weighted by Gasteiger charge is -2.34. The van der Waals surface area contributed by atoms with Crippen LogP contribution in [-0.2, 0) is 14.6 Å². The third kappa shape index (κ3) is 5.35. The summed E-state index contributed by atoms with van der Waals surface area (Å²) < 4.78 is 36.7. The Labute approximate surface area is 203 Å². The Kier molecular flexibility index (Phi) is 6.86. The van der Waals surface area contributed by atoms with Crippen molar-refractivity contribution in [2.45, 2.75) is 57.6 Å². The number of nitrogens with zero attached hydrogens (tertiary/aromatic N) is 4. The first-order valence-corrected chi connectivity index (χ1v) is 14.0. The van der Waals surface area contributed by atoms with Gasteiger partial charge in [-0.2, -0.15) is 0 Å². The van der Waals surface area contributed by atoms with Crippen LogP contribution < -0.4 is 4.74 Å². The zero-order valence-electron chi connectivity index (χ0n) is 20.0. The van der Waals surface area contributed by atoms with E-state index < -0.39 is 9.84 Å². The van der Waals surface area contributed by atoms with Crippen molar-refractivity contribution in [2.75, 3.05) is 19.3 Å². The SMILES string of the molecule is Cc1cc(S(C)(=O)=O)ccc1-c1cn2nc(OC(C)C3CCN(C(=O)OC(C)C)CC3)sc2n1. The standard InChI is InChI=1S/C23H30N4O5S2/c1-14(2)31-23(28)26-10-8-17(9-11-26)16(4)32-22-25-27-13-20(24-21(27)33-22)19-7-6-18(12-15(19)3)34(5,29)30/h6-7,12-14,16-17H,8-11H2,1-5H3. The fraction of sp³-hybridized carbons (Fsp3) is 0.522. The maximum absolute atomic E-state index is 12.1. The van der Waals surface area contributed by atoms with Crippen LogP contribution in [-0.4, -0.2) is 65.6 Å². The molecule has 2 aromatic heterocycles. The number of imidazole rings is 1. The summed E-state index contributed by atoms with van der Waals surface area (Å²) in [5, 5.41) is 5.07. The average molecular weight is 507 g/mol. The number of aromatic nitrogens is 3. The van der Waals surface area contributed by atoms with E-state index in [9.17, 15) is 13.2 Å². The van der Waals surface area contributed by atoms with Gasteiger partial charge < -0.3 is 14.4 Å². The number of benzene rings is 1. The van der Waals surface area contributed by atoms with E-state index >= 15 is 0 Å². The predicted molar refractivity (Wildman–Crippen MR) is 130 cm³/mol. The highest BCUT2D eigenvalue weighted by Gasteiger charge is 2.29. The van der Waals surface area contributed by atoms with Crippen molar-refractivity contribution >= 4 is 32.2 Å². The first-order valence-electron chi connectivity index (χ1n) is 11.3. The molecule has 0 saturated carbocycles. The van der Waals surface area contributed by atoms with Gasteiger partial charge in [0.2, 0.25) is 4.96 Å². The lowest BCUT2D eigenvalue weighted by molar-refractivity contribution is 0.0493. The number of piperidine rings is 1. The molecule has 1 atom stereocenters. The van der Waals surface area contributed by atoms with E-state index in [1.165, 1.54) is 17.6 Å². The summed E-state index contributed by atoms with van der Waals surface area (Å²) in [6, 6.07) is 5.04. The number of rotatable bonds is 6. The lowest BCUT2D eigenvalue weighted by Crippen LogP contribution is -2.42. The van der Waals surface area contributed by atoms with Gasteiger partial charge in [-0.15, -0.1) is 5.10 Å². The second kappa shape index (κ2) is 9.53. The van der Waals surface area contributed by atoms with E-state index in [-0.39, 0.29) is 18.3 Å². The number of hydrogen-bond donors (Lipinski definition) is 0. The van der Waals surface area contributed by atoms with Crippen LogP contribution in [0.25, 0.3) is 16.2 Å². The summed E-state index contributed by atoms with van der Waals surface area (Å²) in [7, 11) is -3.26. The highest BCUT2D eigenvalue weighted by atomic mass is 32.2. The molecular formula is C23H30N4O5S2. The Morgan fingerprint density at radius 2 is 1.91 bits per heavy atom. The number of amides is 1. The van der Waals surface area contributed by atoms with E-state index in [2.05, 4.69) is 10.1 Å². The van der Waals surface area contributed by atoms with Crippen LogP contribution in [0.5, 0.6) is 5.19 Å².